The fourth-order valence-electron chi connectivity index (χ4n) is 1.36. The molecule has 0 radical (unpaired) electrons. The van der Waals surface area contributed by atoms with Crippen LogP contribution in [-0.2, 0) is 0 Å². The Balaban J connectivity index is 2.48. The van der Waals surface area contributed by atoms with Gasteiger partial charge in [-0.2, -0.15) is 0 Å². The van der Waals surface area contributed by atoms with E-state index in [2.05, 4.69) is 9.97 Å². The molecule has 1 N–H and O–H groups in total. The minimum Gasteiger partial charge on any atom is -0.478 e. The summed E-state index contributed by atoms with van der Waals surface area (Å²) in [6.45, 7) is 0. The van der Waals surface area contributed by atoms with Crippen LogP contribution in [-0.4, -0.2) is 26.0 Å². The number of nitro groups is 1. The van der Waals surface area contributed by atoms with Crippen molar-refractivity contribution in [1.82, 2.24) is 9.97 Å². The van der Waals surface area contributed by atoms with Gasteiger partial charge in [-0.05, 0) is 6.07 Å². The number of hydrogen-bond acceptors (Lipinski definition) is 6. The van der Waals surface area contributed by atoms with Gasteiger partial charge in [-0.3, -0.25) is 10.1 Å². The Labute approximate surface area is 116 Å². The number of nitrogens with zero attached hydrogens (tertiary/aromatic N) is 3. The zero-order chi connectivity index (χ0) is 14.7. The second-order valence-corrected chi connectivity index (χ2v) is 3.93. The van der Waals surface area contributed by atoms with Crippen molar-refractivity contribution in [3.8, 4) is 11.6 Å². The van der Waals surface area contributed by atoms with Gasteiger partial charge in [-0.1, -0.05) is 11.6 Å². The predicted molar refractivity (Wildman–Crippen MR) is 67.2 cm³/mol. The van der Waals surface area contributed by atoms with E-state index in [0.717, 1.165) is 24.5 Å². The van der Waals surface area contributed by atoms with E-state index < -0.39 is 16.6 Å². The van der Waals surface area contributed by atoms with Gasteiger partial charge in [0.25, 0.3) is 0 Å². The Bertz CT molecular complexity index is 692. The van der Waals surface area contributed by atoms with Crippen LogP contribution < -0.4 is 4.74 Å². The predicted octanol–water partition coefficient (Wildman–Crippen LogP) is 2.53. The summed E-state index contributed by atoms with van der Waals surface area (Å²) in [5.74, 6) is -1.61. The number of nitro benzene ring substituents is 1. The van der Waals surface area contributed by atoms with Gasteiger partial charge in [-0.25, -0.2) is 14.8 Å². The van der Waals surface area contributed by atoms with Crippen LogP contribution >= 0.6 is 11.6 Å². The number of hydrogen-bond donors (Lipinski definition) is 1. The largest absolute Gasteiger partial charge is 0.478 e. The molecule has 0 aliphatic rings. The smallest absolute Gasteiger partial charge is 0.335 e. The lowest BCUT2D eigenvalue weighted by molar-refractivity contribution is -0.385. The molecule has 102 valence electrons. The van der Waals surface area contributed by atoms with E-state index in [1.165, 1.54) is 6.20 Å². The lowest BCUT2D eigenvalue weighted by atomic mass is 10.2. The van der Waals surface area contributed by atoms with Crippen LogP contribution in [0.3, 0.4) is 0 Å². The number of benzene rings is 1. The van der Waals surface area contributed by atoms with E-state index in [-0.39, 0.29) is 22.2 Å². The number of rotatable bonds is 4. The van der Waals surface area contributed by atoms with Gasteiger partial charge in [0.15, 0.2) is 0 Å². The second-order valence-electron chi connectivity index (χ2n) is 3.52. The maximum Gasteiger partial charge on any atom is 0.335 e. The van der Waals surface area contributed by atoms with Crippen molar-refractivity contribution in [3.63, 3.8) is 0 Å². The lowest BCUT2D eigenvalue weighted by Crippen LogP contribution is -2.00. The average molecular weight is 296 g/mol. The fraction of sp³-hybridized carbons (Fsp3) is 0. The standard InChI is InChI=1S/C11H6ClN3O5/c12-7-4-13-5-14-10(7)20-9-3-6(11(16)17)1-2-8(9)15(18)19/h1-5H,(H,16,17). The van der Waals surface area contributed by atoms with Gasteiger partial charge >= 0.3 is 11.7 Å². The minimum atomic E-state index is -1.24. The van der Waals surface area contributed by atoms with Gasteiger partial charge in [0, 0.05) is 12.1 Å². The molecule has 0 bridgehead atoms. The zero-order valence-corrected chi connectivity index (χ0v) is 10.4. The summed E-state index contributed by atoms with van der Waals surface area (Å²) in [5.41, 5.74) is -0.555. The van der Waals surface area contributed by atoms with Crippen molar-refractivity contribution in [2.24, 2.45) is 0 Å². The molecule has 8 nitrogen and oxygen atoms in total. The molecule has 0 unspecified atom stereocenters. The molecule has 0 saturated heterocycles. The van der Waals surface area contributed by atoms with Crippen molar-refractivity contribution in [2.75, 3.05) is 0 Å². The molecule has 1 aromatic carbocycles. The third-order valence-corrected chi connectivity index (χ3v) is 2.50. The first-order valence-corrected chi connectivity index (χ1v) is 5.52. The summed E-state index contributed by atoms with van der Waals surface area (Å²) in [4.78, 5) is 28.4. The number of carboxylic acid groups (broad SMARTS) is 1. The van der Waals surface area contributed by atoms with E-state index in [4.69, 9.17) is 21.4 Å². The molecule has 0 aliphatic heterocycles. The third-order valence-electron chi connectivity index (χ3n) is 2.24. The Morgan fingerprint density at radius 2 is 2.20 bits per heavy atom. The maximum atomic E-state index is 10.9. The van der Waals surface area contributed by atoms with Crippen LogP contribution in [0.1, 0.15) is 10.4 Å². The van der Waals surface area contributed by atoms with Crippen LogP contribution in [0.15, 0.2) is 30.7 Å². The van der Waals surface area contributed by atoms with Crippen LogP contribution in [0.4, 0.5) is 5.69 Å². The number of ether oxygens (including phenoxy) is 1. The van der Waals surface area contributed by atoms with Crippen molar-refractivity contribution in [2.45, 2.75) is 0 Å². The Hall–Kier alpha value is -2.74. The molecule has 2 aromatic rings. The van der Waals surface area contributed by atoms with Crippen molar-refractivity contribution < 1.29 is 19.6 Å². The molecule has 1 aromatic heterocycles. The van der Waals surface area contributed by atoms with Gasteiger partial charge in [0.1, 0.15) is 11.3 Å². The van der Waals surface area contributed by atoms with Gasteiger partial charge in [-0.15, -0.1) is 0 Å². The Kier molecular flexibility index (Phi) is 3.76. The SMILES string of the molecule is O=C(O)c1ccc([N+](=O)[O-])c(Oc2ncncc2Cl)c1. The highest BCUT2D eigenvalue weighted by Crippen LogP contribution is 2.33. The first-order valence-electron chi connectivity index (χ1n) is 5.14. The minimum absolute atomic E-state index is 0.0440. The van der Waals surface area contributed by atoms with E-state index >= 15 is 0 Å². The molecular weight excluding hydrogens is 290 g/mol. The molecule has 0 atom stereocenters. The first kappa shape index (κ1) is 13.7. The fourth-order valence-corrected chi connectivity index (χ4v) is 1.50. The summed E-state index contributed by atoms with van der Waals surface area (Å²) in [7, 11) is 0. The normalized spacial score (nSPS) is 10.1. The van der Waals surface area contributed by atoms with Crippen molar-refractivity contribution in [1.29, 1.82) is 0 Å². The molecule has 0 aliphatic carbocycles. The first-order chi connectivity index (χ1) is 9.49. The summed E-state index contributed by atoms with van der Waals surface area (Å²) in [5, 5.41) is 19.8. The third kappa shape index (κ3) is 2.81. The van der Waals surface area contributed by atoms with E-state index in [1.54, 1.807) is 0 Å². The molecule has 0 spiro atoms. The molecule has 9 heteroatoms. The van der Waals surface area contributed by atoms with Crippen molar-refractivity contribution in [3.05, 3.63) is 51.4 Å². The second kappa shape index (κ2) is 5.49. The number of aromatic carboxylic acids is 1. The zero-order valence-electron chi connectivity index (χ0n) is 9.69. The highest BCUT2D eigenvalue weighted by molar-refractivity contribution is 6.31. The summed E-state index contributed by atoms with van der Waals surface area (Å²) in [6.07, 6.45) is 2.39. The number of aromatic nitrogens is 2. The molecule has 0 saturated carbocycles. The van der Waals surface area contributed by atoms with E-state index in [0.29, 0.717) is 0 Å². The summed E-state index contributed by atoms with van der Waals surface area (Å²) < 4.78 is 5.20. The molecule has 2 rings (SSSR count). The molecular formula is C11H6ClN3O5. The van der Waals surface area contributed by atoms with Crippen LogP contribution in [0.25, 0.3) is 0 Å². The summed E-state index contributed by atoms with van der Waals surface area (Å²) >= 11 is 5.77. The molecule has 0 amide bonds. The quantitative estimate of drug-likeness (QED) is 0.680. The lowest BCUT2D eigenvalue weighted by Gasteiger charge is -2.07. The van der Waals surface area contributed by atoms with E-state index in [1.807, 2.05) is 0 Å². The van der Waals surface area contributed by atoms with Crippen molar-refractivity contribution >= 4 is 23.3 Å². The van der Waals surface area contributed by atoms with Gasteiger partial charge in [0.05, 0.1) is 16.7 Å². The van der Waals surface area contributed by atoms with Crippen LogP contribution in [0.2, 0.25) is 5.02 Å². The highest BCUT2D eigenvalue weighted by atomic mass is 35.5. The number of halogens is 1. The molecule has 20 heavy (non-hydrogen) atoms. The number of carbonyl (C=O) groups is 1. The molecule has 0 fully saturated rings. The van der Waals surface area contributed by atoms with E-state index in [9.17, 15) is 14.9 Å². The van der Waals surface area contributed by atoms with Crippen LogP contribution in [0, 0.1) is 10.1 Å². The number of carboxylic acids is 1. The monoisotopic (exact) mass is 295 g/mol. The highest BCUT2D eigenvalue weighted by Gasteiger charge is 2.20. The van der Waals surface area contributed by atoms with Crippen LogP contribution in [0.5, 0.6) is 11.6 Å². The Morgan fingerprint density at radius 3 is 2.80 bits per heavy atom. The molecule has 1 heterocycles. The summed E-state index contributed by atoms with van der Waals surface area (Å²) in [6, 6.07) is 3.17. The van der Waals surface area contributed by atoms with Gasteiger partial charge in [0.2, 0.25) is 11.6 Å². The topological polar surface area (TPSA) is 115 Å². The van der Waals surface area contributed by atoms with Gasteiger partial charge < -0.3 is 9.84 Å². The maximum absolute atomic E-state index is 10.9. The Morgan fingerprint density at radius 1 is 1.45 bits per heavy atom. The average Bonchev–Trinajstić information content (AvgIpc) is 2.41.